The summed E-state index contributed by atoms with van der Waals surface area (Å²) in [5.41, 5.74) is 1.15. The first-order chi connectivity index (χ1) is 6.20. The third-order valence-electron chi connectivity index (χ3n) is 2.10. The van der Waals surface area contributed by atoms with E-state index in [1.165, 1.54) is 0 Å². The summed E-state index contributed by atoms with van der Waals surface area (Å²) in [7, 11) is 1.95. The lowest BCUT2D eigenvalue weighted by molar-refractivity contribution is 0.575. The minimum atomic E-state index is 0.322. The van der Waals surface area contributed by atoms with Crippen molar-refractivity contribution >= 4 is 27.5 Å². The summed E-state index contributed by atoms with van der Waals surface area (Å²) in [5, 5.41) is 4.05. The topological polar surface area (TPSA) is 12.0 Å². The monoisotopic (exact) mass is 261 g/mol. The van der Waals surface area contributed by atoms with Gasteiger partial charge < -0.3 is 5.32 Å². The molecule has 0 aromatic heterocycles. The van der Waals surface area contributed by atoms with Crippen molar-refractivity contribution in [2.75, 3.05) is 7.05 Å². The zero-order valence-electron chi connectivity index (χ0n) is 7.77. The maximum atomic E-state index is 6.11. The van der Waals surface area contributed by atoms with Crippen LogP contribution >= 0.6 is 27.5 Å². The Morgan fingerprint density at radius 3 is 2.69 bits per heavy atom. The van der Waals surface area contributed by atoms with Crippen molar-refractivity contribution in [2.45, 2.75) is 19.4 Å². The van der Waals surface area contributed by atoms with Gasteiger partial charge in [-0.1, -0.05) is 40.5 Å². The smallest absolute Gasteiger partial charge is 0.0465 e. The molecule has 1 N–H and O–H groups in total. The molecule has 0 aliphatic carbocycles. The lowest BCUT2D eigenvalue weighted by Crippen LogP contribution is -2.16. The van der Waals surface area contributed by atoms with Crippen molar-refractivity contribution < 1.29 is 0 Å². The molecule has 0 fully saturated rings. The normalized spacial score (nSPS) is 12.9. The second-order valence-corrected chi connectivity index (χ2v) is 4.15. The molecule has 0 aliphatic rings. The Balaban J connectivity index is 3.10. The third-order valence-corrected chi connectivity index (χ3v) is 3.13. The van der Waals surface area contributed by atoms with Gasteiger partial charge in [-0.2, -0.15) is 0 Å². The van der Waals surface area contributed by atoms with Crippen LogP contribution in [0.2, 0.25) is 5.02 Å². The summed E-state index contributed by atoms with van der Waals surface area (Å²) in [5.74, 6) is 0. The first-order valence-corrected chi connectivity index (χ1v) is 5.49. The van der Waals surface area contributed by atoms with Crippen molar-refractivity contribution in [3.63, 3.8) is 0 Å². The second kappa shape index (κ2) is 4.99. The molecule has 3 heteroatoms. The van der Waals surface area contributed by atoms with Crippen molar-refractivity contribution in [1.29, 1.82) is 0 Å². The second-order valence-electron chi connectivity index (χ2n) is 2.88. The summed E-state index contributed by atoms with van der Waals surface area (Å²) in [4.78, 5) is 0. The van der Waals surface area contributed by atoms with Crippen molar-refractivity contribution in [1.82, 2.24) is 5.32 Å². The molecule has 1 nitrogen and oxygen atoms in total. The Bertz CT molecular complexity index is 264. The molecule has 1 rings (SSSR count). The van der Waals surface area contributed by atoms with Crippen LogP contribution in [0.15, 0.2) is 22.7 Å². The maximum Gasteiger partial charge on any atom is 0.0465 e. The van der Waals surface area contributed by atoms with E-state index < -0.39 is 0 Å². The Labute approximate surface area is 92.6 Å². The van der Waals surface area contributed by atoms with Gasteiger partial charge >= 0.3 is 0 Å². The van der Waals surface area contributed by atoms with Crippen LogP contribution in [0.25, 0.3) is 0 Å². The van der Waals surface area contributed by atoms with Gasteiger partial charge in [0, 0.05) is 21.1 Å². The highest BCUT2D eigenvalue weighted by Crippen LogP contribution is 2.31. The summed E-state index contributed by atoms with van der Waals surface area (Å²) < 4.78 is 1.07. The lowest BCUT2D eigenvalue weighted by Gasteiger charge is -2.17. The molecule has 1 unspecified atom stereocenters. The van der Waals surface area contributed by atoms with Gasteiger partial charge in [-0.25, -0.2) is 0 Å². The van der Waals surface area contributed by atoms with E-state index in [1.54, 1.807) is 0 Å². The van der Waals surface area contributed by atoms with Gasteiger partial charge in [-0.15, -0.1) is 0 Å². The van der Waals surface area contributed by atoms with Crippen molar-refractivity contribution in [3.05, 3.63) is 33.3 Å². The first kappa shape index (κ1) is 11.0. The number of hydrogen-bond donors (Lipinski definition) is 1. The number of benzene rings is 1. The van der Waals surface area contributed by atoms with E-state index in [0.29, 0.717) is 6.04 Å². The van der Waals surface area contributed by atoms with Gasteiger partial charge in [0.1, 0.15) is 0 Å². The molecule has 1 atom stereocenters. The van der Waals surface area contributed by atoms with E-state index in [1.807, 2.05) is 25.2 Å². The van der Waals surface area contributed by atoms with E-state index in [4.69, 9.17) is 11.6 Å². The quantitative estimate of drug-likeness (QED) is 0.874. The van der Waals surface area contributed by atoms with Crippen LogP contribution in [0.4, 0.5) is 0 Å². The van der Waals surface area contributed by atoms with E-state index in [2.05, 4.69) is 28.2 Å². The Hall–Kier alpha value is -0.0500. The van der Waals surface area contributed by atoms with Crippen LogP contribution in [0.5, 0.6) is 0 Å². The molecule has 0 saturated carbocycles. The maximum absolute atomic E-state index is 6.11. The summed E-state index contributed by atoms with van der Waals surface area (Å²) >= 11 is 9.62. The fourth-order valence-electron chi connectivity index (χ4n) is 1.40. The fourth-order valence-corrected chi connectivity index (χ4v) is 2.46. The average molecular weight is 263 g/mol. The van der Waals surface area contributed by atoms with E-state index >= 15 is 0 Å². The minimum absolute atomic E-state index is 0.322. The molecule has 0 bridgehead atoms. The van der Waals surface area contributed by atoms with Crippen LogP contribution in [-0.2, 0) is 0 Å². The van der Waals surface area contributed by atoms with Crippen LogP contribution in [0.1, 0.15) is 24.9 Å². The van der Waals surface area contributed by atoms with Gasteiger partial charge in [-0.3, -0.25) is 0 Å². The zero-order chi connectivity index (χ0) is 9.84. The molecular formula is C10H13BrClN. The van der Waals surface area contributed by atoms with Crippen LogP contribution in [0, 0.1) is 0 Å². The molecule has 0 radical (unpaired) electrons. The molecule has 1 aromatic carbocycles. The van der Waals surface area contributed by atoms with Crippen LogP contribution in [0.3, 0.4) is 0 Å². The molecule has 1 aromatic rings. The highest BCUT2D eigenvalue weighted by Gasteiger charge is 2.13. The standard InChI is InChI=1S/C10H13BrClN/c1-3-9(13-2)10-7(11)5-4-6-8(10)12/h4-6,9,13H,3H2,1-2H3. The number of hydrogen-bond acceptors (Lipinski definition) is 1. The fraction of sp³-hybridized carbons (Fsp3) is 0.400. The highest BCUT2D eigenvalue weighted by atomic mass is 79.9. The van der Waals surface area contributed by atoms with Gasteiger partial charge in [-0.05, 0) is 25.6 Å². The first-order valence-electron chi connectivity index (χ1n) is 4.31. The predicted octanol–water partition coefficient (Wildman–Crippen LogP) is 3.77. The predicted molar refractivity (Wildman–Crippen MR) is 61.2 cm³/mol. The summed E-state index contributed by atoms with van der Waals surface area (Å²) in [6, 6.07) is 6.20. The number of rotatable bonds is 3. The van der Waals surface area contributed by atoms with E-state index in [-0.39, 0.29) is 0 Å². The molecule has 0 spiro atoms. The van der Waals surface area contributed by atoms with Crippen LogP contribution < -0.4 is 5.32 Å². The summed E-state index contributed by atoms with van der Waals surface area (Å²) in [6.45, 7) is 2.14. The van der Waals surface area contributed by atoms with E-state index in [0.717, 1.165) is 21.5 Å². The Morgan fingerprint density at radius 1 is 1.54 bits per heavy atom. The minimum Gasteiger partial charge on any atom is -0.313 e. The van der Waals surface area contributed by atoms with Gasteiger partial charge in [0.15, 0.2) is 0 Å². The van der Waals surface area contributed by atoms with Crippen molar-refractivity contribution in [2.24, 2.45) is 0 Å². The largest absolute Gasteiger partial charge is 0.313 e. The molecule has 0 heterocycles. The highest BCUT2D eigenvalue weighted by molar-refractivity contribution is 9.10. The summed E-state index contributed by atoms with van der Waals surface area (Å²) in [6.07, 6.45) is 1.03. The van der Waals surface area contributed by atoms with Gasteiger partial charge in [0.05, 0.1) is 0 Å². The van der Waals surface area contributed by atoms with Gasteiger partial charge in [0.25, 0.3) is 0 Å². The molecule has 72 valence electrons. The lowest BCUT2D eigenvalue weighted by atomic mass is 10.1. The molecule has 0 amide bonds. The van der Waals surface area contributed by atoms with E-state index in [9.17, 15) is 0 Å². The third kappa shape index (κ3) is 2.46. The van der Waals surface area contributed by atoms with Gasteiger partial charge in [0.2, 0.25) is 0 Å². The van der Waals surface area contributed by atoms with Crippen molar-refractivity contribution in [3.8, 4) is 0 Å². The zero-order valence-corrected chi connectivity index (χ0v) is 10.1. The Kier molecular flexibility index (Phi) is 4.23. The molecule has 0 aliphatic heterocycles. The molecule has 13 heavy (non-hydrogen) atoms. The molecule has 0 saturated heterocycles. The number of nitrogens with one attached hydrogen (secondary N) is 1. The number of halogens is 2. The van der Waals surface area contributed by atoms with Crippen LogP contribution in [-0.4, -0.2) is 7.05 Å². The average Bonchev–Trinajstić information content (AvgIpc) is 2.11. The SMILES string of the molecule is CCC(NC)c1c(Cl)cccc1Br. The Morgan fingerprint density at radius 2 is 2.23 bits per heavy atom. The molecular weight excluding hydrogens is 249 g/mol.